The Labute approximate surface area is 163 Å². The second kappa shape index (κ2) is 10.9. The van der Waals surface area contributed by atoms with E-state index in [0.717, 1.165) is 5.56 Å². The molecule has 3 amide bonds. The first-order valence-electron chi connectivity index (χ1n) is 8.82. The number of alkyl carbamates (subject to hydrolysis) is 1. The molecule has 0 saturated heterocycles. The van der Waals surface area contributed by atoms with Crippen LogP contribution < -0.4 is 16.4 Å². The van der Waals surface area contributed by atoms with Gasteiger partial charge in [-0.15, -0.1) is 0 Å². The number of rotatable bonds is 9. The molecule has 0 spiro atoms. The molecule has 4 N–H and O–H groups in total. The molecule has 9 heteroatoms. The number of primary amides is 1. The van der Waals surface area contributed by atoms with Crippen molar-refractivity contribution in [1.29, 1.82) is 0 Å². The van der Waals surface area contributed by atoms with Crippen molar-refractivity contribution in [3.63, 3.8) is 0 Å². The van der Waals surface area contributed by atoms with Gasteiger partial charge in [0.2, 0.25) is 11.8 Å². The normalized spacial score (nSPS) is 11.8. The summed E-state index contributed by atoms with van der Waals surface area (Å²) in [6.07, 6.45) is -0.879. The third-order valence-electron chi connectivity index (χ3n) is 3.31. The Hall–Kier alpha value is -3.10. The van der Waals surface area contributed by atoms with E-state index in [1.807, 2.05) is 18.2 Å². The van der Waals surface area contributed by atoms with Crippen LogP contribution in [0, 0.1) is 0 Å². The Kier molecular flexibility index (Phi) is 8.94. The number of benzene rings is 1. The molecule has 0 fully saturated rings. The summed E-state index contributed by atoms with van der Waals surface area (Å²) in [7, 11) is 0. The number of nitrogens with two attached hydrogens (primary N) is 1. The quantitative estimate of drug-likeness (QED) is 0.536. The number of hydrogen-bond acceptors (Lipinski definition) is 6. The van der Waals surface area contributed by atoms with Crippen molar-refractivity contribution in [3.05, 3.63) is 35.9 Å². The molecule has 28 heavy (non-hydrogen) atoms. The van der Waals surface area contributed by atoms with E-state index in [0.29, 0.717) is 0 Å². The zero-order valence-electron chi connectivity index (χ0n) is 16.3. The number of carbonyl (C=O) groups excluding carboxylic acids is 4. The molecule has 154 valence electrons. The second-order valence-corrected chi connectivity index (χ2v) is 7.07. The maximum atomic E-state index is 12.2. The molecule has 0 aliphatic heterocycles. The van der Waals surface area contributed by atoms with Crippen LogP contribution in [0.1, 0.15) is 39.2 Å². The molecule has 0 aliphatic rings. The summed E-state index contributed by atoms with van der Waals surface area (Å²) in [6.45, 7) is 4.71. The van der Waals surface area contributed by atoms with Gasteiger partial charge in [-0.05, 0) is 32.8 Å². The summed E-state index contributed by atoms with van der Waals surface area (Å²) in [5.41, 5.74) is 5.15. The fourth-order valence-corrected chi connectivity index (χ4v) is 2.08. The summed E-state index contributed by atoms with van der Waals surface area (Å²) in [6, 6.07) is 8.00. The maximum absolute atomic E-state index is 12.2. The maximum Gasteiger partial charge on any atom is 0.407 e. The molecular weight excluding hydrogens is 366 g/mol. The van der Waals surface area contributed by atoms with Crippen LogP contribution in [0.15, 0.2) is 30.3 Å². The van der Waals surface area contributed by atoms with Crippen LogP contribution in [0.5, 0.6) is 0 Å². The fourth-order valence-electron chi connectivity index (χ4n) is 2.08. The molecule has 1 rings (SSSR count). The summed E-state index contributed by atoms with van der Waals surface area (Å²) in [4.78, 5) is 46.9. The van der Waals surface area contributed by atoms with Crippen LogP contribution >= 0.6 is 0 Å². The molecule has 0 saturated carbocycles. The van der Waals surface area contributed by atoms with Crippen LogP contribution in [-0.4, -0.2) is 42.1 Å². The molecule has 0 radical (unpaired) electrons. The molecule has 1 aromatic rings. The molecule has 1 atom stereocenters. The van der Waals surface area contributed by atoms with Crippen LogP contribution in [0.3, 0.4) is 0 Å². The number of hydrogen-bond donors (Lipinski definition) is 3. The van der Waals surface area contributed by atoms with Gasteiger partial charge in [-0.3, -0.25) is 9.59 Å². The van der Waals surface area contributed by atoms with E-state index in [4.69, 9.17) is 15.2 Å². The lowest BCUT2D eigenvalue weighted by Gasteiger charge is -2.24. The van der Waals surface area contributed by atoms with Crippen molar-refractivity contribution in [2.75, 3.05) is 6.54 Å². The average molecular weight is 393 g/mol. The SMILES string of the molecule is CC(C)(C)OC(=O)[C@H](CCC(N)=O)NC(=O)CNC(=O)OCc1ccccc1. The zero-order chi connectivity index (χ0) is 21.2. The van der Waals surface area contributed by atoms with E-state index in [1.165, 1.54) is 0 Å². The topological polar surface area (TPSA) is 137 Å². The van der Waals surface area contributed by atoms with Gasteiger partial charge in [0.1, 0.15) is 24.8 Å². The Balaban J connectivity index is 2.48. The lowest BCUT2D eigenvalue weighted by Crippen LogP contribution is -2.47. The Morgan fingerprint density at radius 2 is 1.75 bits per heavy atom. The number of ether oxygens (including phenoxy) is 2. The van der Waals surface area contributed by atoms with Gasteiger partial charge >= 0.3 is 12.1 Å². The van der Waals surface area contributed by atoms with Crippen molar-refractivity contribution < 1.29 is 28.7 Å². The highest BCUT2D eigenvalue weighted by Gasteiger charge is 2.27. The van der Waals surface area contributed by atoms with Gasteiger partial charge in [0.15, 0.2) is 0 Å². The predicted molar refractivity (Wildman–Crippen MR) is 101 cm³/mol. The molecule has 9 nitrogen and oxygen atoms in total. The Bertz CT molecular complexity index is 685. The standard InChI is InChI=1S/C19H27N3O6/c1-19(2,3)28-17(25)14(9-10-15(20)23)22-16(24)11-21-18(26)27-12-13-7-5-4-6-8-13/h4-8,14H,9-12H2,1-3H3,(H2,20,23)(H,21,26)(H,22,24)/t14-/m0/s1. The molecule has 0 aromatic heterocycles. The number of esters is 1. The first-order chi connectivity index (χ1) is 13.1. The summed E-state index contributed by atoms with van der Waals surface area (Å²) < 4.78 is 10.2. The van der Waals surface area contributed by atoms with Crippen LogP contribution in [-0.2, 0) is 30.5 Å². The second-order valence-electron chi connectivity index (χ2n) is 7.07. The predicted octanol–water partition coefficient (Wildman–Crippen LogP) is 1.00. The monoisotopic (exact) mass is 393 g/mol. The van der Waals surface area contributed by atoms with Crippen molar-refractivity contribution in [2.24, 2.45) is 5.73 Å². The van der Waals surface area contributed by atoms with E-state index in [2.05, 4.69) is 10.6 Å². The van der Waals surface area contributed by atoms with Gasteiger partial charge in [0.05, 0.1) is 0 Å². The lowest BCUT2D eigenvalue weighted by molar-refractivity contribution is -0.158. The van der Waals surface area contributed by atoms with Gasteiger partial charge in [-0.1, -0.05) is 30.3 Å². The molecule has 0 unspecified atom stereocenters. The Morgan fingerprint density at radius 3 is 2.32 bits per heavy atom. The smallest absolute Gasteiger partial charge is 0.407 e. The minimum absolute atomic E-state index is 0.00552. The molecule has 0 bridgehead atoms. The van der Waals surface area contributed by atoms with Crippen LogP contribution in [0.2, 0.25) is 0 Å². The van der Waals surface area contributed by atoms with Gasteiger partial charge in [-0.25, -0.2) is 9.59 Å². The largest absolute Gasteiger partial charge is 0.458 e. The molecule has 0 heterocycles. The van der Waals surface area contributed by atoms with Gasteiger partial charge in [0, 0.05) is 6.42 Å². The number of amides is 3. The third-order valence-corrected chi connectivity index (χ3v) is 3.31. The number of carbonyl (C=O) groups is 4. The van der Waals surface area contributed by atoms with Crippen molar-refractivity contribution in [3.8, 4) is 0 Å². The van der Waals surface area contributed by atoms with Gasteiger partial charge in [-0.2, -0.15) is 0 Å². The first kappa shape index (κ1) is 22.9. The van der Waals surface area contributed by atoms with Crippen molar-refractivity contribution in [1.82, 2.24) is 10.6 Å². The molecule has 1 aromatic carbocycles. The minimum Gasteiger partial charge on any atom is -0.458 e. The Morgan fingerprint density at radius 1 is 1.11 bits per heavy atom. The van der Waals surface area contributed by atoms with E-state index in [1.54, 1.807) is 32.9 Å². The number of nitrogens with one attached hydrogen (secondary N) is 2. The zero-order valence-corrected chi connectivity index (χ0v) is 16.3. The summed E-state index contributed by atoms with van der Waals surface area (Å²) in [5.74, 6) is -1.92. The van der Waals surface area contributed by atoms with Crippen LogP contribution in [0.4, 0.5) is 4.79 Å². The average Bonchev–Trinajstić information content (AvgIpc) is 2.60. The highest BCUT2D eigenvalue weighted by molar-refractivity contribution is 5.87. The van der Waals surface area contributed by atoms with E-state index < -0.39 is 42.1 Å². The highest BCUT2D eigenvalue weighted by Crippen LogP contribution is 2.10. The van der Waals surface area contributed by atoms with E-state index in [9.17, 15) is 19.2 Å². The van der Waals surface area contributed by atoms with Crippen molar-refractivity contribution >= 4 is 23.9 Å². The van der Waals surface area contributed by atoms with E-state index >= 15 is 0 Å². The first-order valence-corrected chi connectivity index (χ1v) is 8.82. The van der Waals surface area contributed by atoms with Crippen LogP contribution in [0.25, 0.3) is 0 Å². The van der Waals surface area contributed by atoms with Gasteiger partial charge in [0.25, 0.3) is 0 Å². The third kappa shape index (κ3) is 10.1. The van der Waals surface area contributed by atoms with E-state index in [-0.39, 0.29) is 19.4 Å². The summed E-state index contributed by atoms with van der Waals surface area (Å²) in [5, 5.41) is 4.73. The minimum atomic E-state index is -1.05. The van der Waals surface area contributed by atoms with Gasteiger partial charge < -0.3 is 25.8 Å². The van der Waals surface area contributed by atoms with Crippen molar-refractivity contribution in [2.45, 2.75) is 51.9 Å². The molecular formula is C19H27N3O6. The highest BCUT2D eigenvalue weighted by atomic mass is 16.6. The summed E-state index contributed by atoms with van der Waals surface area (Å²) >= 11 is 0. The molecule has 0 aliphatic carbocycles. The lowest BCUT2D eigenvalue weighted by atomic mass is 10.1. The fraction of sp³-hybridized carbons (Fsp3) is 0.474.